The fourth-order valence-electron chi connectivity index (χ4n) is 8.72. The van der Waals surface area contributed by atoms with Gasteiger partial charge < -0.3 is 29.7 Å². The molecule has 6 saturated heterocycles. The van der Waals surface area contributed by atoms with Crippen molar-refractivity contribution in [3.8, 4) is 0 Å². The summed E-state index contributed by atoms with van der Waals surface area (Å²) in [5, 5.41) is 14.1. The molecule has 0 radical (unpaired) electrons. The number of rotatable bonds is 5. The minimum Gasteiger partial charge on any atom is -0.480 e. The van der Waals surface area contributed by atoms with E-state index in [9.17, 15) is 24.3 Å². The second-order valence-corrected chi connectivity index (χ2v) is 15.6. The van der Waals surface area contributed by atoms with E-state index in [4.69, 9.17) is 9.47 Å². The molecule has 228 valence electrons. The van der Waals surface area contributed by atoms with Crippen molar-refractivity contribution in [2.24, 2.45) is 34.0 Å². The minimum absolute atomic E-state index is 0.0140. The summed E-state index contributed by atoms with van der Waals surface area (Å²) in [4.78, 5) is 62.7. The van der Waals surface area contributed by atoms with Gasteiger partial charge in [-0.3, -0.25) is 14.4 Å². The van der Waals surface area contributed by atoms with Crippen LogP contribution in [0.25, 0.3) is 0 Å². The van der Waals surface area contributed by atoms with E-state index in [-0.39, 0.29) is 29.7 Å². The molecule has 1 aromatic heterocycles. The first-order valence-corrected chi connectivity index (χ1v) is 15.9. The number of hydrogen-bond donors (Lipinski definition) is 2. The van der Waals surface area contributed by atoms with Crippen molar-refractivity contribution in [3.63, 3.8) is 0 Å². The first-order chi connectivity index (χ1) is 19.8. The molecule has 8 fully saturated rings. The first kappa shape index (κ1) is 28.2. The number of ether oxygens (including phenoxy) is 2. The molecule has 6 aliphatic heterocycles. The van der Waals surface area contributed by atoms with Gasteiger partial charge in [-0.2, -0.15) is 0 Å². The molecule has 7 heterocycles. The molecule has 2 N–H and O–H groups in total. The van der Waals surface area contributed by atoms with E-state index in [0.717, 1.165) is 30.7 Å². The Balaban J connectivity index is 1.18. The number of aryl methyl sites for hydroxylation is 2. The third-order valence-corrected chi connectivity index (χ3v) is 12.4. The maximum Gasteiger partial charge on any atom is 0.328 e. The number of hydrogen-bond acceptors (Lipinski definition) is 8. The summed E-state index contributed by atoms with van der Waals surface area (Å²) in [5.41, 5.74) is -0.591. The highest BCUT2D eigenvalue weighted by atomic mass is 32.1. The van der Waals surface area contributed by atoms with Crippen LogP contribution in [0.3, 0.4) is 0 Å². The molecule has 9 rings (SSSR count). The van der Waals surface area contributed by atoms with E-state index in [1.807, 2.05) is 20.8 Å². The van der Waals surface area contributed by atoms with Crippen molar-refractivity contribution in [2.45, 2.75) is 71.6 Å². The molecule has 2 aliphatic carbocycles. The largest absolute Gasteiger partial charge is 0.480 e. The smallest absolute Gasteiger partial charge is 0.328 e. The number of fused-ring (bicyclic) bond motifs is 6. The zero-order valence-corrected chi connectivity index (χ0v) is 25.5. The monoisotopic (exact) mass is 600 g/mol. The lowest BCUT2D eigenvalue weighted by Gasteiger charge is -2.50. The van der Waals surface area contributed by atoms with Crippen LogP contribution in [0, 0.1) is 47.8 Å². The van der Waals surface area contributed by atoms with Crippen LogP contribution in [-0.4, -0.2) is 101 Å². The van der Waals surface area contributed by atoms with E-state index in [1.165, 1.54) is 11.3 Å². The van der Waals surface area contributed by atoms with Crippen molar-refractivity contribution in [1.82, 2.24) is 20.1 Å². The van der Waals surface area contributed by atoms with Crippen LogP contribution in [0.1, 0.15) is 59.9 Å². The van der Waals surface area contributed by atoms with Crippen molar-refractivity contribution < 1.29 is 33.8 Å². The first-order valence-electron chi connectivity index (χ1n) is 15.1. The summed E-state index contributed by atoms with van der Waals surface area (Å²) in [6, 6.07) is -1.31. The van der Waals surface area contributed by atoms with E-state index < -0.39 is 46.7 Å². The van der Waals surface area contributed by atoms with Gasteiger partial charge in [-0.15, -0.1) is 11.3 Å². The van der Waals surface area contributed by atoms with Gasteiger partial charge in [-0.1, -0.05) is 13.8 Å². The molecule has 12 heteroatoms. The fraction of sp³-hybridized carbons (Fsp3) is 0.767. The van der Waals surface area contributed by atoms with Crippen LogP contribution in [0.15, 0.2) is 0 Å². The summed E-state index contributed by atoms with van der Waals surface area (Å²) >= 11 is 1.33. The lowest BCUT2D eigenvalue weighted by atomic mass is 9.71. The van der Waals surface area contributed by atoms with Crippen molar-refractivity contribution in [3.05, 3.63) is 15.6 Å². The SMILES string of the molecule is Cc1nc(C)c(C(=O)N2C[C@H]3C(=O)N[C@H](C(=O)O)[C@H](OCC45CCC(CC4)OC5)C4[C@H](C(=O)N5CC3(C2)C5)C4(C)C)s1. The average Bonchev–Trinajstić information content (AvgIpc) is 3.19. The van der Waals surface area contributed by atoms with Gasteiger partial charge in [0.1, 0.15) is 4.88 Å². The third-order valence-electron chi connectivity index (χ3n) is 11.3. The van der Waals surface area contributed by atoms with Gasteiger partial charge in [0.25, 0.3) is 5.91 Å². The molecule has 8 aliphatic rings. The lowest BCUT2D eigenvalue weighted by molar-refractivity contribution is -0.165. The number of likely N-dealkylation sites (tertiary alicyclic amines) is 1. The summed E-state index contributed by atoms with van der Waals surface area (Å²) in [6.07, 6.45) is 3.31. The van der Waals surface area contributed by atoms with Crippen LogP contribution < -0.4 is 5.32 Å². The second kappa shape index (κ2) is 9.46. The van der Waals surface area contributed by atoms with Crippen LogP contribution in [0.5, 0.6) is 0 Å². The maximum atomic E-state index is 14.0. The molecule has 42 heavy (non-hydrogen) atoms. The number of aromatic nitrogens is 1. The number of aliphatic carboxylic acids is 1. The van der Waals surface area contributed by atoms with E-state index in [2.05, 4.69) is 10.3 Å². The molecular formula is C30H40N4O7S. The number of nitrogens with zero attached hydrogens (tertiary/aromatic N) is 3. The predicted molar refractivity (Wildman–Crippen MR) is 151 cm³/mol. The predicted octanol–water partition coefficient (Wildman–Crippen LogP) is 1.86. The number of carboxylic acid groups (broad SMARTS) is 1. The molecular weight excluding hydrogens is 560 g/mol. The number of carbonyl (C=O) groups is 4. The average molecular weight is 601 g/mol. The van der Waals surface area contributed by atoms with Gasteiger partial charge in [0.15, 0.2) is 6.04 Å². The molecule has 3 amide bonds. The topological polar surface area (TPSA) is 138 Å². The molecule has 2 saturated carbocycles. The Morgan fingerprint density at radius 2 is 1.88 bits per heavy atom. The summed E-state index contributed by atoms with van der Waals surface area (Å²) in [7, 11) is 0. The molecule has 1 spiro atoms. The zero-order valence-electron chi connectivity index (χ0n) is 24.7. The number of carboxylic acids is 1. The van der Waals surface area contributed by atoms with E-state index in [1.54, 1.807) is 16.7 Å². The van der Waals surface area contributed by atoms with Gasteiger partial charge in [0.05, 0.1) is 42.0 Å². The molecule has 5 atom stereocenters. The zero-order chi connectivity index (χ0) is 29.8. The Morgan fingerprint density at radius 3 is 2.48 bits per heavy atom. The van der Waals surface area contributed by atoms with Crippen molar-refractivity contribution in [1.29, 1.82) is 0 Å². The Labute approximate surface area is 249 Å². The normalized spacial score (nSPS) is 37.7. The number of nitrogens with one attached hydrogen (secondary N) is 1. The Morgan fingerprint density at radius 1 is 1.17 bits per heavy atom. The highest BCUT2D eigenvalue weighted by molar-refractivity contribution is 7.13. The van der Waals surface area contributed by atoms with E-state index >= 15 is 0 Å². The quantitative estimate of drug-likeness (QED) is 0.523. The lowest BCUT2D eigenvalue weighted by Crippen LogP contribution is -2.65. The van der Waals surface area contributed by atoms with Crippen molar-refractivity contribution >= 4 is 35.0 Å². The molecule has 11 nitrogen and oxygen atoms in total. The summed E-state index contributed by atoms with van der Waals surface area (Å²) < 4.78 is 12.5. The van der Waals surface area contributed by atoms with Crippen LogP contribution in [0.4, 0.5) is 0 Å². The third kappa shape index (κ3) is 4.23. The van der Waals surface area contributed by atoms with Crippen LogP contribution in [0.2, 0.25) is 0 Å². The highest BCUT2D eigenvalue weighted by Gasteiger charge is 2.70. The van der Waals surface area contributed by atoms with Crippen LogP contribution in [-0.2, 0) is 23.9 Å². The number of carbonyl (C=O) groups excluding carboxylic acids is 3. The maximum absolute atomic E-state index is 14.0. The number of amides is 3. The van der Waals surface area contributed by atoms with E-state index in [0.29, 0.717) is 49.5 Å². The Kier molecular flexibility index (Phi) is 6.36. The Hall–Kier alpha value is -2.57. The summed E-state index contributed by atoms with van der Waals surface area (Å²) in [6.45, 7) is 9.82. The molecule has 1 aromatic rings. The minimum atomic E-state index is -1.31. The molecule has 1 unspecified atom stereocenters. The fourth-order valence-corrected chi connectivity index (χ4v) is 9.61. The summed E-state index contributed by atoms with van der Waals surface area (Å²) in [5.74, 6) is -3.13. The van der Waals surface area contributed by atoms with Gasteiger partial charge in [0, 0.05) is 48.8 Å². The van der Waals surface area contributed by atoms with Gasteiger partial charge in [-0.25, -0.2) is 9.78 Å². The van der Waals surface area contributed by atoms with Gasteiger partial charge >= 0.3 is 5.97 Å². The molecule has 0 aromatic carbocycles. The second-order valence-electron chi connectivity index (χ2n) is 14.4. The van der Waals surface area contributed by atoms with Gasteiger partial charge in [-0.05, 0) is 44.9 Å². The standard InChI is InChI=1S/C30H40N4O7S/c1-15-23(42-16(2)31-15)26(37)33-9-18-24(35)32-21(27(38)39)22(41-14-29-7-5-17(6-8-29)40-13-29)19-20(28(19,3)4)25(36)34-11-30(18,10-33)12-34/h17-22H,5-14H2,1-4H3,(H,32,35)(H,38,39)/t17?,18-,19?,20+,21-,22+,29?/m0/s1. The van der Waals surface area contributed by atoms with Gasteiger partial charge in [0.2, 0.25) is 11.8 Å². The van der Waals surface area contributed by atoms with Crippen molar-refractivity contribution in [2.75, 3.05) is 39.4 Å². The Bertz CT molecular complexity index is 1330. The van der Waals surface area contributed by atoms with Crippen LogP contribution >= 0.6 is 11.3 Å². The number of thiazole rings is 1. The highest BCUT2D eigenvalue weighted by Crippen LogP contribution is 2.63. The molecule has 4 bridgehead atoms.